The van der Waals surface area contributed by atoms with Gasteiger partial charge in [0, 0.05) is 36.7 Å². The Morgan fingerprint density at radius 2 is 1.73 bits per heavy atom. The molecule has 7 heteroatoms. The molecule has 2 rings (SSSR count). The lowest BCUT2D eigenvalue weighted by molar-refractivity contribution is 0.0141. The number of hydrogen-bond acceptors (Lipinski definition) is 5. The van der Waals surface area contributed by atoms with E-state index in [0.717, 1.165) is 4.88 Å². The van der Waals surface area contributed by atoms with Crippen molar-refractivity contribution in [1.29, 1.82) is 0 Å². The average Bonchev–Trinajstić information content (AvgIpc) is 2.76. The molecule has 0 aromatic carbocycles. The number of ether oxygens (including phenoxy) is 1. The molecular weight excluding hydrogens is 302 g/mol. The summed E-state index contributed by atoms with van der Waals surface area (Å²) < 4.78 is 5.35. The number of nitrogens with zero attached hydrogens (tertiary/aromatic N) is 2. The number of nitrogens with two attached hydrogens (primary N) is 1. The van der Waals surface area contributed by atoms with E-state index in [1.165, 1.54) is 11.3 Å². The Kier molecular flexibility index (Phi) is 4.65. The van der Waals surface area contributed by atoms with Crippen LogP contribution in [0.25, 0.3) is 0 Å². The molecule has 2 heterocycles. The fourth-order valence-corrected chi connectivity index (χ4v) is 3.08. The summed E-state index contributed by atoms with van der Waals surface area (Å²) in [6.45, 7) is 9.42. The van der Waals surface area contributed by atoms with Crippen molar-refractivity contribution in [2.45, 2.75) is 33.3 Å². The molecular formula is C15H23N3O3S. The molecule has 0 saturated carbocycles. The second kappa shape index (κ2) is 6.16. The van der Waals surface area contributed by atoms with Crippen LogP contribution in [0.2, 0.25) is 0 Å². The van der Waals surface area contributed by atoms with E-state index >= 15 is 0 Å². The molecule has 1 aromatic heterocycles. The fraction of sp³-hybridized carbons (Fsp3) is 0.600. The molecule has 0 aliphatic carbocycles. The van der Waals surface area contributed by atoms with Gasteiger partial charge in [0.1, 0.15) is 5.60 Å². The number of hydrogen-bond donors (Lipinski definition) is 1. The Balaban J connectivity index is 1.92. The number of anilines is 1. The number of carbonyl (C=O) groups is 2. The Hall–Kier alpha value is -1.76. The maximum absolute atomic E-state index is 12.4. The van der Waals surface area contributed by atoms with Crippen LogP contribution in [0, 0.1) is 6.92 Å². The molecule has 122 valence electrons. The van der Waals surface area contributed by atoms with Crippen LogP contribution >= 0.6 is 11.3 Å². The number of amides is 2. The van der Waals surface area contributed by atoms with Crippen LogP contribution in [0.15, 0.2) is 6.07 Å². The van der Waals surface area contributed by atoms with Crippen LogP contribution < -0.4 is 5.73 Å². The summed E-state index contributed by atoms with van der Waals surface area (Å²) in [7, 11) is 0. The van der Waals surface area contributed by atoms with Gasteiger partial charge >= 0.3 is 6.09 Å². The van der Waals surface area contributed by atoms with Crippen molar-refractivity contribution in [3.8, 4) is 0 Å². The maximum Gasteiger partial charge on any atom is 0.410 e. The summed E-state index contributed by atoms with van der Waals surface area (Å²) in [5.41, 5.74) is 5.95. The highest BCUT2D eigenvalue weighted by molar-refractivity contribution is 7.14. The summed E-state index contributed by atoms with van der Waals surface area (Å²) in [6.07, 6.45) is -0.323. The van der Waals surface area contributed by atoms with Crippen molar-refractivity contribution in [1.82, 2.24) is 9.80 Å². The molecule has 2 amide bonds. The molecule has 0 unspecified atom stereocenters. The third-order valence-corrected chi connectivity index (χ3v) is 4.44. The van der Waals surface area contributed by atoms with Gasteiger partial charge in [-0.1, -0.05) is 0 Å². The van der Waals surface area contributed by atoms with Gasteiger partial charge in [0.05, 0.1) is 4.88 Å². The quantitative estimate of drug-likeness (QED) is 0.860. The molecule has 0 radical (unpaired) electrons. The standard InChI is InChI=1S/C15H23N3O3S/c1-10-11(16)9-12(22-10)13(19)17-5-7-18(8-6-17)14(20)21-15(2,3)4/h9H,5-8,16H2,1-4H3. The summed E-state index contributed by atoms with van der Waals surface area (Å²) in [6, 6.07) is 1.72. The number of rotatable bonds is 1. The molecule has 0 bridgehead atoms. The van der Waals surface area contributed by atoms with E-state index < -0.39 is 5.60 Å². The highest BCUT2D eigenvalue weighted by Crippen LogP contribution is 2.25. The molecule has 1 fully saturated rings. The van der Waals surface area contributed by atoms with E-state index in [9.17, 15) is 9.59 Å². The third-order valence-electron chi connectivity index (χ3n) is 3.39. The minimum absolute atomic E-state index is 0.0198. The Bertz CT molecular complexity index is 550. The second-order valence-electron chi connectivity index (χ2n) is 6.38. The zero-order valence-electron chi connectivity index (χ0n) is 13.5. The fourth-order valence-electron chi connectivity index (χ4n) is 2.18. The summed E-state index contributed by atoms with van der Waals surface area (Å²) in [5.74, 6) is -0.0198. The topological polar surface area (TPSA) is 75.9 Å². The highest BCUT2D eigenvalue weighted by Gasteiger charge is 2.28. The Morgan fingerprint density at radius 3 is 2.18 bits per heavy atom. The highest BCUT2D eigenvalue weighted by atomic mass is 32.1. The number of piperazine rings is 1. The van der Waals surface area contributed by atoms with Gasteiger partial charge in [0.15, 0.2) is 0 Å². The molecule has 1 aliphatic rings. The third kappa shape index (κ3) is 3.91. The molecule has 2 N–H and O–H groups in total. The van der Waals surface area contributed by atoms with Crippen LogP contribution in [0.4, 0.5) is 10.5 Å². The van der Waals surface area contributed by atoms with Crippen molar-refractivity contribution >= 4 is 29.0 Å². The number of nitrogen functional groups attached to an aromatic ring is 1. The van der Waals surface area contributed by atoms with Crippen molar-refractivity contribution in [3.63, 3.8) is 0 Å². The lowest BCUT2D eigenvalue weighted by Gasteiger charge is -2.35. The van der Waals surface area contributed by atoms with Gasteiger partial charge in [-0.2, -0.15) is 0 Å². The number of aryl methyl sites for hydroxylation is 1. The van der Waals surface area contributed by atoms with Crippen LogP contribution in [-0.2, 0) is 4.74 Å². The van der Waals surface area contributed by atoms with Crippen LogP contribution in [0.3, 0.4) is 0 Å². The van der Waals surface area contributed by atoms with Crippen LogP contribution in [-0.4, -0.2) is 53.6 Å². The number of carbonyl (C=O) groups excluding carboxylic acids is 2. The smallest absolute Gasteiger partial charge is 0.410 e. The zero-order valence-corrected chi connectivity index (χ0v) is 14.3. The summed E-state index contributed by atoms with van der Waals surface area (Å²) in [5, 5.41) is 0. The van der Waals surface area contributed by atoms with Crippen molar-refractivity contribution < 1.29 is 14.3 Å². The number of thiophene rings is 1. The van der Waals surface area contributed by atoms with Gasteiger partial charge in [0.25, 0.3) is 5.91 Å². The van der Waals surface area contributed by atoms with Gasteiger partial charge in [0.2, 0.25) is 0 Å². The van der Waals surface area contributed by atoms with Gasteiger partial charge in [-0.05, 0) is 33.8 Å². The summed E-state index contributed by atoms with van der Waals surface area (Å²) in [4.78, 5) is 29.4. The zero-order chi connectivity index (χ0) is 16.5. The Labute approximate surface area is 134 Å². The van der Waals surface area contributed by atoms with Crippen LogP contribution in [0.5, 0.6) is 0 Å². The van der Waals surface area contributed by atoms with Crippen molar-refractivity contribution in [2.24, 2.45) is 0 Å². The lowest BCUT2D eigenvalue weighted by atomic mass is 10.2. The molecule has 1 saturated heterocycles. The van der Waals surface area contributed by atoms with Crippen LogP contribution in [0.1, 0.15) is 35.3 Å². The van der Waals surface area contributed by atoms with E-state index in [-0.39, 0.29) is 12.0 Å². The molecule has 1 aliphatic heterocycles. The first kappa shape index (κ1) is 16.6. The monoisotopic (exact) mass is 325 g/mol. The first-order valence-corrected chi connectivity index (χ1v) is 8.12. The maximum atomic E-state index is 12.4. The molecule has 1 aromatic rings. The predicted molar refractivity (Wildman–Crippen MR) is 87.2 cm³/mol. The minimum Gasteiger partial charge on any atom is -0.444 e. The largest absolute Gasteiger partial charge is 0.444 e. The minimum atomic E-state index is -0.504. The van der Waals surface area contributed by atoms with E-state index in [1.807, 2.05) is 27.7 Å². The van der Waals surface area contributed by atoms with E-state index in [0.29, 0.717) is 36.7 Å². The van der Waals surface area contributed by atoms with E-state index in [2.05, 4.69) is 0 Å². The molecule has 6 nitrogen and oxygen atoms in total. The second-order valence-corrected chi connectivity index (χ2v) is 7.64. The van der Waals surface area contributed by atoms with Crippen molar-refractivity contribution in [3.05, 3.63) is 15.8 Å². The Morgan fingerprint density at radius 1 is 1.18 bits per heavy atom. The first-order valence-electron chi connectivity index (χ1n) is 7.30. The van der Waals surface area contributed by atoms with Gasteiger partial charge in [-0.15, -0.1) is 11.3 Å². The predicted octanol–water partition coefficient (Wildman–Crippen LogP) is 2.33. The van der Waals surface area contributed by atoms with E-state index in [1.54, 1.807) is 15.9 Å². The molecule has 0 spiro atoms. The molecule has 0 atom stereocenters. The van der Waals surface area contributed by atoms with Crippen molar-refractivity contribution in [2.75, 3.05) is 31.9 Å². The summed E-state index contributed by atoms with van der Waals surface area (Å²) >= 11 is 1.41. The van der Waals surface area contributed by atoms with Gasteiger partial charge in [-0.25, -0.2) is 4.79 Å². The SMILES string of the molecule is Cc1sc(C(=O)N2CCN(C(=O)OC(C)(C)C)CC2)cc1N. The normalized spacial score (nSPS) is 15.8. The lowest BCUT2D eigenvalue weighted by Crippen LogP contribution is -2.51. The molecule has 22 heavy (non-hydrogen) atoms. The average molecular weight is 325 g/mol. The van der Waals surface area contributed by atoms with Gasteiger partial charge < -0.3 is 20.3 Å². The van der Waals surface area contributed by atoms with Gasteiger partial charge in [-0.3, -0.25) is 4.79 Å². The van der Waals surface area contributed by atoms with E-state index in [4.69, 9.17) is 10.5 Å². The first-order chi connectivity index (χ1) is 10.2.